The number of hydrogen-bond donors (Lipinski definition) is 1. The lowest BCUT2D eigenvalue weighted by atomic mass is 10.0. The molecule has 0 aliphatic heterocycles. The van der Waals surface area contributed by atoms with Gasteiger partial charge in [0.15, 0.2) is 0 Å². The lowest BCUT2D eigenvalue weighted by Gasteiger charge is -2.34. The van der Waals surface area contributed by atoms with Crippen LogP contribution in [-0.4, -0.2) is 19.1 Å². The Balaban J connectivity index is 3.14. The van der Waals surface area contributed by atoms with Crippen LogP contribution in [0.1, 0.15) is 59.6 Å². The average molecular weight is 355 g/mol. The smallest absolute Gasteiger partial charge is 0.0428 e. The molecule has 0 saturated heterocycles. The number of benzene rings is 1. The molecule has 0 fully saturated rings. The highest BCUT2D eigenvalue weighted by molar-refractivity contribution is 9.10. The van der Waals surface area contributed by atoms with Crippen LogP contribution in [0.5, 0.6) is 0 Å². The van der Waals surface area contributed by atoms with Crippen molar-refractivity contribution < 1.29 is 0 Å². The average Bonchev–Trinajstić information content (AvgIpc) is 2.41. The highest BCUT2D eigenvalue weighted by Crippen LogP contribution is 2.31. The minimum Gasteiger partial charge on any atom is -0.369 e. The Kier molecular flexibility index (Phi) is 7.75. The van der Waals surface area contributed by atoms with Gasteiger partial charge in [-0.05, 0) is 57.4 Å². The van der Waals surface area contributed by atoms with Crippen molar-refractivity contribution in [1.82, 2.24) is 5.32 Å². The van der Waals surface area contributed by atoms with Gasteiger partial charge in [-0.3, -0.25) is 0 Å². The summed E-state index contributed by atoms with van der Waals surface area (Å²) < 4.78 is 1.15. The minimum absolute atomic E-state index is 0.376. The molecular weight excluding hydrogens is 324 g/mol. The fourth-order valence-electron chi connectivity index (χ4n) is 2.58. The van der Waals surface area contributed by atoms with E-state index in [0.717, 1.165) is 24.0 Å². The van der Waals surface area contributed by atoms with E-state index < -0.39 is 0 Å². The molecule has 1 aromatic carbocycles. The maximum Gasteiger partial charge on any atom is 0.0428 e. The van der Waals surface area contributed by atoms with Gasteiger partial charge in [-0.25, -0.2) is 0 Å². The molecule has 3 heteroatoms. The van der Waals surface area contributed by atoms with Crippen LogP contribution in [0.4, 0.5) is 5.69 Å². The molecule has 0 aromatic heterocycles. The van der Waals surface area contributed by atoms with Crippen molar-refractivity contribution in [3.05, 3.63) is 28.2 Å². The van der Waals surface area contributed by atoms with Gasteiger partial charge in [0, 0.05) is 28.8 Å². The lowest BCUT2D eigenvalue weighted by Crippen LogP contribution is -2.35. The van der Waals surface area contributed by atoms with Gasteiger partial charge in [0.1, 0.15) is 0 Å². The molecule has 0 radical (unpaired) electrons. The Morgan fingerprint density at radius 2 is 1.81 bits per heavy atom. The first-order valence-electron chi connectivity index (χ1n) is 8.16. The van der Waals surface area contributed by atoms with Crippen LogP contribution in [0.25, 0.3) is 0 Å². The first kappa shape index (κ1) is 18.5. The molecule has 120 valence electrons. The number of nitrogens with one attached hydrogen (secondary N) is 1. The van der Waals surface area contributed by atoms with Crippen LogP contribution in [0.15, 0.2) is 22.7 Å². The summed E-state index contributed by atoms with van der Waals surface area (Å²) in [4.78, 5) is 2.52. The molecule has 0 aliphatic carbocycles. The van der Waals surface area contributed by atoms with Gasteiger partial charge in [0.2, 0.25) is 0 Å². The zero-order valence-corrected chi connectivity index (χ0v) is 16.0. The predicted molar refractivity (Wildman–Crippen MR) is 98.2 cm³/mol. The van der Waals surface area contributed by atoms with Crippen molar-refractivity contribution in [3.63, 3.8) is 0 Å². The molecule has 1 atom stereocenters. The quantitative estimate of drug-likeness (QED) is 0.673. The standard InChI is InChI=1S/C18H31BrN2/c1-7-10-20-15(6)17-9-8-16(19)11-18(17)21(14(4)5)12-13(2)3/h8-9,11,13-15,20H,7,10,12H2,1-6H3. The first-order valence-corrected chi connectivity index (χ1v) is 8.95. The highest BCUT2D eigenvalue weighted by atomic mass is 79.9. The molecule has 1 unspecified atom stereocenters. The van der Waals surface area contributed by atoms with Crippen molar-refractivity contribution in [1.29, 1.82) is 0 Å². The molecule has 0 spiro atoms. The van der Waals surface area contributed by atoms with Gasteiger partial charge in [-0.15, -0.1) is 0 Å². The van der Waals surface area contributed by atoms with Crippen molar-refractivity contribution in [2.45, 2.75) is 60.0 Å². The summed E-state index contributed by atoms with van der Waals surface area (Å²) >= 11 is 3.63. The Morgan fingerprint density at radius 3 is 2.33 bits per heavy atom. The third-order valence-corrected chi connectivity index (χ3v) is 4.15. The monoisotopic (exact) mass is 354 g/mol. The SMILES string of the molecule is CCCNC(C)c1ccc(Br)cc1N(CC(C)C)C(C)C. The van der Waals surface area contributed by atoms with Gasteiger partial charge in [-0.2, -0.15) is 0 Å². The van der Waals surface area contributed by atoms with E-state index in [2.05, 4.69) is 85.9 Å². The third kappa shape index (κ3) is 5.63. The summed E-state index contributed by atoms with van der Waals surface area (Å²) in [6, 6.07) is 7.54. The summed E-state index contributed by atoms with van der Waals surface area (Å²) in [6.07, 6.45) is 1.16. The van der Waals surface area contributed by atoms with Crippen LogP contribution >= 0.6 is 15.9 Å². The van der Waals surface area contributed by atoms with Crippen LogP contribution in [0.3, 0.4) is 0 Å². The number of rotatable bonds is 8. The van der Waals surface area contributed by atoms with Gasteiger partial charge in [0.25, 0.3) is 0 Å². The largest absolute Gasteiger partial charge is 0.369 e. The molecule has 1 aromatic rings. The second kappa shape index (κ2) is 8.79. The van der Waals surface area contributed by atoms with Gasteiger partial charge >= 0.3 is 0 Å². The molecule has 0 bridgehead atoms. The van der Waals surface area contributed by atoms with E-state index in [1.54, 1.807) is 0 Å². The van der Waals surface area contributed by atoms with E-state index in [9.17, 15) is 0 Å². The van der Waals surface area contributed by atoms with E-state index in [1.165, 1.54) is 11.3 Å². The predicted octanol–water partition coefficient (Wildman–Crippen LogP) is 5.38. The summed E-state index contributed by atoms with van der Waals surface area (Å²) in [6.45, 7) is 15.7. The van der Waals surface area contributed by atoms with E-state index in [1.807, 2.05) is 0 Å². The van der Waals surface area contributed by atoms with E-state index in [4.69, 9.17) is 0 Å². The van der Waals surface area contributed by atoms with Crippen LogP contribution < -0.4 is 10.2 Å². The van der Waals surface area contributed by atoms with Crippen molar-refractivity contribution in [2.75, 3.05) is 18.0 Å². The topological polar surface area (TPSA) is 15.3 Å². The van der Waals surface area contributed by atoms with Crippen LogP contribution in [0, 0.1) is 5.92 Å². The minimum atomic E-state index is 0.376. The Labute approximate surface area is 139 Å². The lowest BCUT2D eigenvalue weighted by molar-refractivity contribution is 0.548. The second-order valence-electron chi connectivity index (χ2n) is 6.52. The van der Waals surface area contributed by atoms with E-state index in [0.29, 0.717) is 18.0 Å². The van der Waals surface area contributed by atoms with Crippen LogP contribution in [0.2, 0.25) is 0 Å². The molecule has 0 aliphatic rings. The molecule has 0 saturated carbocycles. The van der Waals surface area contributed by atoms with Gasteiger partial charge < -0.3 is 10.2 Å². The van der Waals surface area contributed by atoms with Crippen molar-refractivity contribution in [3.8, 4) is 0 Å². The fraction of sp³-hybridized carbons (Fsp3) is 0.667. The molecule has 0 amide bonds. The molecular formula is C18H31BrN2. The Bertz CT molecular complexity index is 429. The number of halogens is 1. The maximum absolute atomic E-state index is 3.63. The van der Waals surface area contributed by atoms with Crippen molar-refractivity contribution in [2.24, 2.45) is 5.92 Å². The molecule has 2 nitrogen and oxygen atoms in total. The zero-order valence-electron chi connectivity index (χ0n) is 14.4. The van der Waals surface area contributed by atoms with E-state index >= 15 is 0 Å². The van der Waals surface area contributed by atoms with Gasteiger partial charge in [0.05, 0.1) is 0 Å². The van der Waals surface area contributed by atoms with Crippen molar-refractivity contribution >= 4 is 21.6 Å². The number of hydrogen-bond acceptors (Lipinski definition) is 2. The van der Waals surface area contributed by atoms with Gasteiger partial charge in [-0.1, -0.05) is 42.8 Å². The molecule has 1 N–H and O–H groups in total. The summed E-state index contributed by atoms with van der Waals surface area (Å²) in [5, 5.41) is 3.61. The van der Waals surface area contributed by atoms with E-state index in [-0.39, 0.29) is 0 Å². The first-order chi connectivity index (χ1) is 9.86. The second-order valence-corrected chi connectivity index (χ2v) is 7.43. The van der Waals surface area contributed by atoms with Crippen LogP contribution in [-0.2, 0) is 0 Å². The third-order valence-electron chi connectivity index (χ3n) is 3.65. The molecule has 1 rings (SSSR count). The Hall–Kier alpha value is -0.540. The molecule has 21 heavy (non-hydrogen) atoms. The Morgan fingerprint density at radius 1 is 1.14 bits per heavy atom. The molecule has 0 heterocycles. The fourth-order valence-corrected chi connectivity index (χ4v) is 2.93. The maximum atomic E-state index is 3.63. The number of anilines is 1. The summed E-state index contributed by atoms with van der Waals surface area (Å²) in [5.74, 6) is 0.651. The summed E-state index contributed by atoms with van der Waals surface area (Å²) in [7, 11) is 0. The highest BCUT2D eigenvalue weighted by Gasteiger charge is 2.19. The number of nitrogens with zero attached hydrogens (tertiary/aromatic N) is 1. The summed E-state index contributed by atoms with van der Waals surface area (Å²) in [5.41, 5.74) is 2.74. The normalized spacial score (nSPS) is 13.0. The zero-order chi connectivity index (χ0) is 16.0.